The molecule has 0 aromatic heterocycles. The van der Waals surface area contributed by atoms with Crippen LogP contribution in [0.15, 0.2) is 22.7 Å². The lowest BCUT2D eigenvalue weighted by atomic mass is 10.1. The predicted octanol–water partition coefficient (Wildman–Crippen LogP) is 4.15. The number of ether oxygens (including phenoxy) is 1. The van der Waals surface area contributed by atoms with Crippen molar-refractivity contribution in [1.29, 1.82) is 0 Å². The maximum Gasteiger partial charge on any atom is 0.407 e. The van der Waals surface area contributed by atoms with E-state index in [4.69, 9.17) is 4.74 Å². The van der Waals surface area contributed by atoms with E-state index in [1.54, 1.807) is 6.07 Å². The third-order valence-electron chi connectivity index (χ3n) is 2.90. The van der Waals surface area contributed by atoms with Crippen molar-refractivity contribution in [2.45, 2.75) is 45.8 Å². The van der Waals surface area contributed by atoms with Crippen molar-refractivity contribution < 1.29 is 13.9 Å². The van der Waals surface area contributed by atoms with E-state index in [2.05, 4.69) is 26.6 Å². The Morgan fingerprint density at radius 3 is 2.64 bits per heavy atom. The van der Waals surface area contributed by atoms with E-state index < -0.39 is 11.7 Å². The monoisotopic (exact) mass is 374 g/mol. The van der Waals surface area contributed by atoms with Crippen LogP contribution in [0.2, 0.25) is 0 Å². The molecule has 0 radical (unpaired) electrons. The Kier molecular flexibility index (Phi) is 7.29. The summed E-state index contributed by atoms with van der Waals surface area (Å²) in [5.74, 6) is -0.235. The molecule has 0 spiro atoms. The first-order chi connectivity index (χ1) is 10.2. The number of amides is 1. The average Bonchev–Trinajstić information content (AvgIpc) is 2.35. The molecule has 6 heteroatoms. The van der Waals surface area contributed by atoms with Gasteiger partial charge in [0.2, 0.25) is 0 Å². The summed E-state index contributed by atoms with van der Waals surface area (Å²) in [4.78, 5) is 11.4. The summed E-state index contributed by atoms with van der Waals surface area (Å²) in [5, 5.41) is 5.92. The quantitative estimate of drug-likeness (QED) is 0.735. The van der Waals surface area contributed by atoms with Gasteiger partial charge in [0.1, 0.15) is 11.4 Å². The fourth-order valence-electron chi connectivity index (χ4n) is 1.87. The molecule has 0 aliphatic heterocycles. The Hall–Kier alpha value is -1.14. The molecule has 0 aliphatic rings. The number of rotatable bonds is 6. The van der Waals surface area contributed by atoms with Gasteiger partial charge in [0.05, 0.1) is 0 Å². The third-order valence-corrected chi connectivity index (χ3v) is 3.39. The molecule has 1 aromatic carbocycles. The fraction of sp³-hybridized carbons (Fsp3) is 0.562. The SMILES string of the molecule is CC(NCCCNC(=O)OC(C)(C)C)c1ccc(Br)cc1F. The number of carbonyl (C=O) groups is 1. The molecule has 0 aliphatic carbocycles. The zero-order valence-electron chi connectivity index (χ0n) is 13.5. The van der Waals surface area contributed by atoms with Gasteiger partial charge in [-0.3, -0.25) is 0 Å². The molecule has 0 heterocycles. The molecule has 1 amide bonds. The standard InChI is InChI=1S/C16H24BrFN2O2/c1-11(13-7-6-12(17)10-14(13)18)19-8-5-9-20-15(21)22-16(2,3)4/h6-7,10-11,19H,5,8-9H2,1-4H3,(H,20,21). The van der Waals surface area contributed by atoms with Gasteiger partial charge >= 0.3 is 6.09 Å². The summed E-state index contributed by atoms with van der Waals surface area (Å²) >= 11 is 3.24. The molecule has 1 aromatic rings. The van der Waals surface area contributed by atoms with Crippen molar-refractivity contribution in [2.24, 2.45) is 0 Å². The van der Waals surface area contributed by atoms with Crippen molar-refractivity contribution in [2.75, 3.05) is 13.1 Å². The Morgan fingerprint density at radius 1 is 1.36 bits per heavy atom. The van der Waals surface area contributed by atoms with Crippen LogP contribution in [0, 0.1) is 5.82 Å². The highest BCUT2D eigenvalue weighted by molar-refractivity contribution is 9.10. The Morgan fingerprint density at radius 2 is 2.05 bits per heavy atom. The lowest BCUT2D eigenvalue weighted by Crippen LogP contribution is -2.34. The molecule has 0 fully saturated rings. The molecule has 1 rings (SSSR count). The highest BCUT2D eigenvalue weighted by Crippen LogP contribution is 2.20. The van der Waals surface area contributed by atoms with Crippen LogP contribution in [0.5, 0.6) is 0 Å². The van der Waals surface area contributed by atoms with Gasteiger partial charge in [-0.05, 0) is 52.8 Å². The first-order valence-corrected chi connectivity index (χ1v) is 8.13. The molecule has 0 saturated heterocycles. The number of halogens is 2. The largest absolute Gasteiger partial charge is 0.444 e. The molecule has 0 bridgehead atoms. The first kappa shape index (κ1) is 18.9. The molecular weight excluding hydrogens is 351 g/mol. The van der Waals surface area contributed by atoms with E-state index in [9.17, 15) is 9.18 Å². The van der Waals surface area contributed by atoms with Crippen molar-refractivity contribution in [3.05, 3.63) is 34.1 Å². The van der Waals surface area contributed by atoms with E-state index in [0.717, 1.165) is 10.9 Å². The number of alkyl carbamates (subject to hydrolysis) is 1. The number of hydrogen-bond acceptors (Lipinski definition) is 3. The zero-order valence-corrected chi connectivity index (χ0v) is 15.1. The topological polar surface area (TPSA) is 50.4 Å². The minimum Gasteiger partial charge on any atom is -0.444 e. The zero-order chi connectivity index (χ0) is 16.8. The Balaban J connectivity index is 2.26. The number of hydrogen-bond donors (Lipinski definition) is 2. The molecule has 22 heavy (non-hydrogen) atoms. The molecule has 0 saturated carbocycles. The van der Waals surface area contributed by atoms with Gasteiger partial charge in [0, 0.05) is 22.6 Å². The maximum absolute atomic E-state index is 13.8. The van der Waals surface area contributed by atoms with Crippen LogP contribution in [-0.4, -0.2) is 24.8 Å². The van der Waals surface area contributed by atoms with Crippen LogP contribution in [0.1, 0.15) is 45.7 Å². The van der Waals surface area contributed by atoms with Crippen molar-refractivity contribution in [3.8, 4) is 0 Å². The second-order valence-corrected chi connectivity index (χ2v) is 7.04. The second kappa shape index (κ2) is 8.48. The minimum atomic E-state index is -0.490. The molecule has 4 nitrogen and oxygen atoms in total. The summed E-state index contributed by atoms with van der Waals surface area (Å²) in [6, 6.07) is 4.95. The summed E-state index contributed by atoms with van der Waals surface area (Å²) in [6.45, 7) is 8.56. The van der Waals surface area contributed by atoms with Crippen LogP contribution in [0.4, 0.5) is 9.18 Å². The normalized spacial score (nSPS) is 12.8. The third kappa shape index (κ3) is 7.22. The Labute approximate surface area is 139 Å². The molecule has 1 unspecified atom stereocenters. The lowest BCUT2D eigenvalue weighted by molar-refractivity contribution is 0.0527. The lowest BCUT2D eigenvalue weighted by Gasteiger charge is -2.20. The highest BCUT2D eigenvalue weighted by Gasteiger charge is 2.15. The number of nitrogens with one attached hydrogen (secondary N) is 2. The van der Waals surface area contributed by atoms with E-state index in [-0.39, 0.29) is 11.9 Å². The van der Waals surface area contributed by atoms with E-state index in [0.29, 0.717) is 18.7 Å². The number of carbonyl (C=O) groups excluding carboxylic acids is 1. The van der Waals surface area contributed by atoms with Crippen LogP contribution in [-0.2, 0) is 4.74 Å². The van der Waals surface area contributed by atoms with Crippen LogP contribution >= 0.6 is 15.9 Å². The molecule has 1 atom stereocenters. The van der Waals surface area contributed by atoms with Gasteiger partial charge in [-0.15, -0.1) is 0 Å². The summed E-state index contributed by atoms with van der Waals surface area (Å²) in [5.41, 5.74) is 0.138. The molecular formula is C16H24BrFN2O2. The van der Waals surface area contributed by atoms with Crippen LogP contribution in [0.3, 0.4) is 0 Å². The average molecular weight is 375 g/mol. The van der Waals surface area contributed by atoms with Gasteiger partial charge in [-0.1, -0.05) is 22.0 Å². The smallest absolute Gasteiger partial charge is 0.407 e. The fourth-order valence-corrected chi connectivity index (χ4v) is 2.21. The van der Waals surface area contributed by atoms with Crippen LogP contribution in [0.25, 0.3) is 0 Å². The second-order valence-electron chi connectivity index (χ2n) is 6.12. The van der Waals surface area contributed by atoms with E-state index >= 15 is 0 Å². The number of benzene rings is 1. The molecule has 2 N–H and O–H groups in total. The van der Waals surface area contributed by atoms with Crippen molar-refractivity contribution in [3.63, 3.8) is 0 Å². The van der Waals surface area contributed by atoms with Crippen molar-refractivity contribution in [1.82, 2.24) is 10.6 Å². The van der Waals surface area contributed by atoms with Gasteiger partial charge in [-0.2, -0.15) is 0 Å². The van der Waals surface area contributed by atoms with Gasteiger partial charge in [0.25, 0.3) is 0 Å². The van der Waals surface area contributed by atoms with E-state index in [1.165, 1.54) is 6.07 Å². The highest BCUT2D eigenvalue weighted by atomic mass is 79.9. The molecule has 124 valence electrons. The van der Waals surface area contributed by atoms with Gasteiger partial charge in [0.15, 0.2) is 0 Å². The van der Waals surface area contributed by atoms with E-state index in [1.807, 2.05) is 33.8 Å². The maximum atomic E-state index is 13.8. The first-order valence-electron chi connectivity index (χ1n) is 7.34. The summed E-state index contributed by atoms with van der Waals surface area (Å²) < 4.78 is 19.7. The summed E-state index contributed by atoms with van der Waals surface area (Å²) in [7, 11) is 0. The van der Waals surface area contributed by atoms with Crippen molar-refractivity contribution >= 4 is 22.0 Å². The van der Waals surface area contributed by atoms with Crippen LogP contribution < -0.4 is 10.6 Å². The summed E-state index contributed by atoms with van der Waals surface area (Å²) in [6.07, 6.45) is 0.321. The minimum absolute atomic E-state index is 0.0883. The Bertz CT molecular complexity index is 503. The van der Waals surface area contributed by atoms with Gasteiger partial charge < -0.3 is 15.4 Å². The van der Waals surface area contributed by atoms with Gasteiger partial charge in [-0.25, -0.2) is 9.18 Å². The predicted molar refractivity (Wildman–Crippen MR) is 89.4 cm³/mol.